The summed E-state index contributed by atoms with van der Waals surface area (Å²) in [6.07, 6.45) is 1.83. The van der Waals surface area contributed by atoms with Crippen LogP contribution in [0.25, 0.3) is 11.0 Å². The molecular formula is C15H18N6OS. The quantitative estimate of drug-likeness (QED) is 0.716. The Bertz CT molecular complexity index is 857. The lowest BCUT2D eigenvalue weighted by Crippen LogP contribution is -2.39. The lowest BCUT2D eigenvalue weighted by Gasteiger charge is -2.33. The molecule has 0 bridgehead atoms. The van der Waals surface area contributed by atoms with Crippen molar-refractivity contribution in [3.05, 3.63) is 28.1 Å². The van der Waals surface area contributed by atoms with Crippen LogP contribution in [0.3, 0.4) is 0 Å². The van der Waals surface area contributed by atoms with Crippen molar-refractivity contribution in [3.63, 3.8) is 0 Å². The third-order valence-electron chi connectivity index (χ3n) is 3.96. The van der Waals surface area contributed by atoms with E-state index in [0.717, 1.165) is 46.5 Å². The minimum atomic E-state index is -0.00978. The maximum absolute atomic E-state index is 5.92. The van der Waals surface area contributed by atoms with Crippen LogP contribution in [0.1, 0.15) is 22.6 Å². The van der Waals surface area contributed by atoms with E-state index >= 15 is 0 Å². The van der Waals surface area contributed by atoms with Gasteiger partial charge in [0.25, 0.3) is 0 Å². The van der Waals surface area contributed by atoms with Crippen molar-refractivity contribution in [1.29, 1.82) is 0 Å². The first-order valence-electron chi connectivity index (χ1n) is 7.57. The molecule has 4 heterocycles. The van der Waals surface area contributed by atoms with Crippen molar-refractivity contribution < 1.29 is 4.74 Å². The normalized spacial score (nSPS) is 18.7. The Morgan fingerprint density at radius 2 is 2.13 bits per heavy atom. The molecule has 23 heavy (non-hydrogen) atoms. The fraction of sp³-hybridized carbons (Fsp3) is 0.467. The third kappa shape index (κ3) is 2.57. The number of hydrogen-bond donors (Lipinski definition) is 0. The summed E-state index contributed by atoms with van der Waals surface area (Å²) in [4.78, 5) is 16.0. The van der Waals surface area contributed by atoms with Gasteiger partial charge in [-0.05, 0) is 13.8 Å². The Labute approximate surface area is 137 Å². The van der Waals surface area contributed by atoms with Gasteiger partial charge in [0.05, 0.1) is 24.7 Å². The summed E-state index contributed by atoms with van der Waals surface area (Å²) in [6, 6.07) is 0. The topological polar surface area (TPSA) is 69.0 Å². The van der Waals surface area contributed by atoms with Crippen LogP contribution in [0.2, 0.25) is 0 Å². The predicted molar refractivity (Wildman–Crippen MR) is 88.8 cm³/mol. The summed E-state index contributed by atoms with van der Waals surface area (Å²) in [6.45, 7) is 6.13. The molecule has 3 aromatic rings. The van der Waals surface area contributed by atoms with Gasteiger partial charge in [-0.25, -0.2) is 15.0 Å². The van der Waals surface area contributed by atoms with E-state index in [-0.39, 0.29) is 6.10 Å². The van der Waals surface area contributed by atoms with Crippen molar-refractivity contribution in [3.8, 4) is 0 Å². The van der Waals surface area contributed by atoms with Crippen molar-refractivity contribution in [1.82, 2.24) is 24.7 Å². The second-order valence-electron chi connectivity index (χ2n) is 5.73. The van der Waals surface area contributed by atoms with Crippen LogP contribution in [0, 0.1) is 13.8 Å². The number of nitrogens with zero attached hydrogens (tertiary/aromatic N) is 6. The van der Waals surface area contributed by atoms with Crippen molar-refractivity contribution in [2.75, 3.05) is 24.6 Å². The molecule has 1 saturated heterocycles. The van der Waals surface area contributed by atoms with Crippen LogP contribution in [0.4, 0.5) is 5.82 Å². The molecule has 0 aromatic carbocycles. The Morgan fingerprint density at radius 1 is 1.26 bits per heavy atom. The van der Waals surface area contributed by atoms with Crippen LogP contribution in [0.5, 0.6) is 0 Å². The van der Waals surface area contributed by atoms with Crippen LogP contribution < -0.4 is 4.90 Å². The fourth-order valence-electron chi connectivity index (χ4n) is 2.87. The highest BCUT2D eigenvalue weighted by atomic mass is 32.1. The Balaban J connectivity index is 1.70. The van der Waals surface area contributed by atoms with Gasteiger partial charge in [-0.15, -0.1) is 11.3 Å². The Morgan fingerprint density at radius 3 is 2.91 bits per heavy atom. The highest BCUT2D eigenvalue weighted by Crippen LogP contribution is 2.30. The molecular weight excluding hydrogens is 312 g/mol. The monoisotopic (exact) mass is 330 g/mol. The molecule has 3 aromatic heterocycles. The van der Waals surface area contributed by atoms with Crippen molar-refractivity contribution in [2.24, 2.45) is 7.05 Å². The number of aryl methyl sites for hydroxylation is 3. The van der Waals surface area contributed by atoms with Crippen LogP contribution >= 0.6 is 11.3 Å². The van der Waals surface area contributed by atoms with Crippen LogP contribution in [0.15, 0.2) is 11.6 Å². The van der Waals surface area contributed by atoms with E-state index in [2.05, 4.69) is 30.3 Å². The minimum Gasteiger partial charge on any atom is -0.367 e. The molecule has 0 aliphatic carbocycles. The standard InChI is InChI=1S/C15H18N6OS/c1-9-8-23-15(17-9)12-7-21(4-5-22-12)14-11-6-16-20(3)13(11)18-10(2)19-14/h6,8,12H,4-5,7H2,1-3H3/t12-/m1/s1. The number of thiazole rings is 1. The molecule has 1 aliphatic rings. The number of ether oxygens (including phenoxy) is 1. The van der Waals surface area contributed by atoms with Gasteiger partial charge in [-0.3, -0.25) is 4.68 Å². The molecule has 8 heteroatoms. The molecule has 7 nitrogen and oxygen atoms in total. The number of hydrogen-bond acceptors (Lipinski definition) is 7. The summed E-state index contributed by atoms with van der Waals surface area (Å²) in [7, 11) is 1.90. The van der Waals surface area contributed by atoms with E-state index in [1.165, 1.54) is 0 Å². The number of aromatic nitrogens is 5. The van der Waals surface area contributed by atoms with Crippen LogP contribution in [-0.2, 0) is 11.8 Å². The van der Waals surface area contributed by atoms with Crippen molar-refractivity contribution >= 4 is 28.2 Å². The van der Waals surface area contributed by atoms with E-state index in [1.54, 1.807) is 16.0 Å². The third-order valence-corrected chi connectivity index (χ3v) is 5.02. The Hall–Kier alpha value is -2.06. The molecule has 4 rings (SSSR count). The minimum absolute atomic E-state index is 0.00978. The first kappa shape index (κ1) is 14.5. The second kappa shape index (κ2) is 5.54. The average Bonchev–Trinajstić information content (AvgIpc) is 3.14. The molecule has 0 N–H and O–H groups in total. The number of fused-ring (bicyclic) bond motifs is 1. The zero-order valence-corrected chi connectivity index (χ0v) is 14.2. The van der Waals surface area contributed by atoms with Gasteiger partial charge in [-0.2, -0.15) is 5.10 Å². The molecule has 0 amide bonds. The lowest BCUT2D eigenvalue weighted by molar-refractivity contribution is 0.0394. The summed E-state index contributed by atoms with van der Waals surface area (Å²) in [5, 5.41) is 8.39. The van der Waals surface area contributed by atoms with Gasteiger partial charge < -0.3 is 9.64 Å². The van der Waals surface area contributed by atoms with Crippen molar-refractivity contribution in [2.45, 2.75) is 20.0 Å². The zero-order chi connectivity index (χ0) is 16.0. The highest BCUT2D eigenvalue weighted by molar-refractivity contribution is 7.09. The summed E-state index contributed by atoms with van der Waals surface area (Å²) in [5.41, 5.74) is 1.90. The zero-order valence-electron chi connectivity index (χ0n) is 13.4. The molecule has 0 unspecified atom stereocenters. The van der Waals surface area contributed by atoms with Gasteiger partial charge in [0.15, 0.2) is 5.65 Å². The summed E-state index contributed by atoms with van der Waals surface area (Å²) < 4.78 is 7.71. The average molecular weight is 330 g/mol. The van der Waals surface area contributed by atoms with Gasteiger partial charge in [0, 0.05) is 24.7 Å². The molecule has 0 spiro atoms. The first-order valence-corrected chi connectivity index (χ1v) is 8.44. The fourth-order valence-corrected chi connectivity index (χ4v) is 3.70. The largest absolute Gasteiger partial charge is 0.367 e. The van der Waals surface area contributed by atoms with E-state index in [9.17, 15) is 0 Å². The maximum Gasteiger partial charge on any atom is 0.163 e. The first-order chi connectivity index (χ1) is 11.1. The Kier molecular flexibility index (Phi) is 3.50. The van der Waals surface area contributed by atoms with Gasteiger partial charge in [0.1, 0.15) is 22.8 Å². The predicted octanol–water partition coefficient (Wildman–Crippen LogP) is 2.01. The molecule has 1 fully saturated rings. The van der Waals surface area contributed by atoms with Gasteiger partial charge in [0.2, 0.25) is 0 Å². The lowest BCUT2D eigenvalue weighted by atomic mass is 10.2. The molecule has 0 saturated carbocycles. The summed E-state index contributed by atoms with van der Waals surface area (Å²) in [5.74, 6) is 1.69. The summed E-state index contributed by atoms with van der Waals surface area (Å²) >= 11 is 1.65. The molecule has 0 radical (unpaired) electrons. The van der Waals surface area contributed by atoms with E-state index in [1.807, 2.05) is 27.1 Å². The second-order valence-corrected chi connectivity index (χ2v) is 6.62. The number of morpholine rings is 1. The maximum atomic E-state index is 5.92. The molecule has 1 aliphatic heterocycles. The van der Waals surface area contributed by atoms with Crippen LogP contribution in [-0.4, -0.2) is 44.4 Å². The molecule has 1 atom stereocenters. The van der Waals surface area contributed by atoms with Gasteiger partial charge >= 0.3 is 0 Å². The number of anilines is 1. The highest BCUT2D eigenvalue weighted by Gasteiger charge is 2.27. The van der Waals surface area contributed by atoms with E-state index in [0.29, 0.717) is 6.61 Å². The van der Waals surface area contributed by atoms with Gasteiger partial charge in [-0.1, -0.05) is 0 Å². The SMILES string of the molecule is Cc1csc([C@H]2CN(c3nc(C)nc4c3cnn4C)CCO2)n1. The smallest absolute Gasteiger partial charge is 0.163 e. The van der Waals surface area contributed by atoms with E-state index in [4.69, 9.17) is 4.74 Å². The number of rotatable bonds is 2. The molecule has 120 valence electrons. The van der Waals surface area contributed by atoms with E-state index < -0.39 is 0 Å².